The zero-order valence-electron chi connectivity index (χ0n) is 31.1. The molecule has 294 valence electrons. The summed E-state index contributed by atoms with van der Waals surface area (Å²) in [6.07, 6.45) is 10.1. The summed E-state index contributed by atoms with van der Waals surface area (Å²) in [6, 6.07) is 1.20. The maximum Gasteiger partial charge on any atom is 0.351 e. The molecule has 1 saturated heterocycles. The Kier molecular flexibility index (Phi) is 20.9. The second kappa shape index (κ2) is 23.0. The van der Waals surface area contributed by atoms with Crippen LogP contribution >= 0.6 is 8.60 Å². The first-order chi connectivity index (χ1) is 23.8. The molecule has 3 N–H and O–H groups in total. The lowest BCUT2D eigenvalue weighted by molar-refractivity contribution is -0.162. The number of alkyl halides is 2. The molecule has 1 aromatic heterocycles. The molecule has 0 bridgehead atoms. The van der Waals surface area contributed by atoms with Gasteiger partial charge in [0.25, 0.3) is 5.92 Å². The number of rotatable bonds is 21. The molecule has 0 aliphatic carbocycles. The highest BCUT2D eigenvalue weighted by molar-refractivity contribution is 7.41. The molecule has 51 heavy (non-hydrogen) atoms. The molecule has 1 aliphatic rings. The summed E-state index contributed by atoms with van der Waals surface area (Å²) in [6.45, 7) is 10.6. The van der Waals surface area contributed by atoms with Crippen LogP contribution in [0.5, 0.6) is 0 Å². The summed E-state index contributed by atoms with van der Waals surface area (Å²) in [5.41, 5.74) is 2.84. The van der Waals surface area contributed by atoms with E-state index in [0.717, 1.165) is 19.0 Å². The van der Waals surface area contributed by atoms with Gasteiger partial charge in [-0.3, -0.25) is 28.0 Å². The number of nitrogen functional groups attached to an aromatic ring is 1. The Morgan fingerprint density at radius 2 is 1.41 bits per heavy atom. The zero-order valence-corrected chi connectivity index (χ0v) is 32.0. The standard InChI is InChI=1S/C21H32F2N3O9P.C13H26O2/c1-19(2,3)16(27)30-11-33-36(34-12-31-17(28)20(4,5)6)32-10-13-9-21(22,23)15(35-13)26-8-7-14(24)25-18(26)29;1-2-3-4-5-6-7-8-9-10-11-12-13(14)15/h7-8,13,15H,9-12H2,1-6H3,(H2,24,25,29);2-12H2,1H3,(H,14,15). The number of esters is 2. The Morgan fingerprint density at radius 1 is 0.922 bits per heavy atom. The number of ether oxygens (including phenoxy) is 3. The maximum absolute atomic E-state index is 14.6. The van der Waals surface area contributed by atoms with Crippen LogP contribution in [0.4, 0.5) is 14.6 Å². The SMILES string of the molecule is CC(C)(C)C(=O)OCOP(OCOC(=O)C(C)(C)C)OCC1CC(F)(F)C(n2ccc(N)nc2=O)O1.CCCCCCCCCCCCC(=O)O. The monoisotopic (exact) mass is 753 g/mol. The van der Waals surface area contributed by atoms with E-state index in [1.807, 2.05) is 0 Å². The van der Waals surface area contributed by atoms with Crippen molar-refractivity contribution in [3.63, 3.8) is 0 Å². The second-order valence-electron chi connectivity index (χ2n) is 14.3. The second-order valence-corrected chi connectivity index (χ2v) is 15.5. The maximum atomic E-state index is 14.6. The van der Waals surface area contributed by atoms with Gasteiger partial charge in [-0.15, -0.1) is 0 Å². The van der Waals surface area contributed by atoms with Crippen molar-refractivity contribution in [1.29, 1.82) is 0 Å². The number of halogens is 2. The first-order valence-electron chi connectivity index (χ1n) is 17.4. The molecule has 2 unspecified atom stereocenters. The molecule has 1 aromatic rings. The average molecular weight is 754 g/mol. The minimum Gasteiger partial charge on any atom is -0.481 e. The Morgan fingerprint density at radius 3 is 1.86 bits per heavy atom. The number of hydrogen-bond acceptors (Lipinski definition) is 12. The van der Waals surface area contributed by atoms with E-state index in [-0.39, 0.29) is 5.82 Å². The Bertz CT molecular complexity index is 1220. The fourth-order valence-electron chi connectivity index (χ4n) is 4.40. The van der Waals surface area contributed by atoms with E-state index in [0.29, 0.717) is 11.0 Å². The smallest absolute Gasteiger partial charge is 0.351 e. The van der Waals surface area contributed by atoms with Crippen molar-refractivity contribution in [2.24, 2.45) is 10.8 Å². The van der Waals surface area contributed by atoms with E-state index in [4.69, 9.17) is 38.6 Å². The van der Waals surface area contributed by atoms with Gasteiger partial charge in [-0.25, -0.2) is 13.6 Å². The van der Waals surface area contributed by atoms with Gasteiger partial charge in [-0.1, -0.05) is 64.7 Å². The van der Waals surface area contributed by atoms with Crippen molar-refractivity contribution >= 4 is 32.3 Å². The van der Waals surface area contributed by atoms with Gasteiger partial charge in [0.2, 0.25) is 19.8 Å². The molecule has 17 heteroatoms. The minimum atomic E-state index is -3.41. The quantitative estimate of drug-likeness (QED) is 0.0544. The molecule has 2 heterocycles. The molecule has 2 rings (SSSR count). The molecule has 0 aromatic carbocycles. The van der Waals surface area contributed by atoms with Gasteiger partial charge >= 0.3 is 32.2 Å². The number of aromatic nitrogens is 2. The fourth-order valence-corrected chi connectivity index (χ4v) is 5.19. The highest BCUT2D eigenvalue weighted by Crippen LogP contribution is 2.45. The van der Waals surface area contributed by atoms with Crippen molar-refractivity contribution in [3.8, 4) is 0 Å². The van der Waals surface area contributed by atoms with Gasteiger partial charge < -0.3 is 29.6 Å². The van der Waals surface area contributed by atoms with Gasteiger partial charge in [-0.2, -0.15) is 4.98 Å². The normalized spacial score (nSPS) is 17.1. The lowest BCUT2D eigenvalue weighted by Crippen LogP contribution is -2.35. The molecule has 14 nitrogen and oxygen atoms in total. The van der Waals surface area contributed by atoms with Gasteiger partial charge in [0.05, 0.1) is 23.5 Å². The van der Waals surface area contributed by atoms with Crippen LogP contribution in [0.3, 0.4) is 0 Å². The van der Waals surface area contributed by atoms with Crippen molar-refractivity contribution in [3.05, 3.63) is 22.7 Å². The summed E-state index contributed by atoms with van der Waals surface area (Å²) >= 11 is 0. The first kappa shape index (κ1) is 46.2. The van der Waals surface area contributed by atoms with E-state index in [9.17, 15) is 28.0 Å². The third-order valence-electron chi connectivity index (χ3n) is 7.32. The van der Waals surface area contributed by atoms with Crippen LogP contribution in [0, 0.1) is 10.8 Å². The molecular formula is C34H58F2N3O11P. The van der Waals surface area contributed by atoms with Gasteiger partial charge in [-0.05, 0) is 54.0 Å². The minimum absolute atomic E-state index is 0.114. The van der Waals surface area contributed by atoms with Crippen LogP contribution in [0.25, 0.3) is 0 Å². The number of carbonyl (C=O) groups excluding carboxylic acids is 2. The number of hydrogen-bond donors (Lipinski definition) is 2. The molecule has 1 aliphatic heterocycles. The topological polar surface area (TPSA) is 188 Å². The molecule has 1 fully saturated rings. The summed E-state index contributed by atoms with van der Waals surface area (Å²) in [5.74, 6) is -5.29. The van der Waals surface area contributed by atoms with E-state index < -0.39 is 87.9 Å². The third-order valence-corrected chi connectivity index (χ3v) is 8.31. The number of nitrogens with zero attached hydrogens (tertiary/aromatic N) is 2. The number of carboxylic acid groups (broad SMARTS) is 1. The molecule has 0 radical (unpaired) electrons. The lowest BCUT2D eigenvalue weighted by atomic mass is 9.98. The first-order valence-corrected chi connectivity index (χ1v) is 18.5. The highest BCUT2D eigenvalue weighted by Gasteiger charge is 2.52. The van der Waals surface area contributed by atoms with Crippen molar-refractivity contribution in [2.45, 2.75) is 144 Å². The summed E-state index contributed by atoms with van der Waals surface area (Å²) in [5, 5.41) is 8.44. The van der Waals surface area contributed by atoms with Crippen LogP contribution in [-0.4, -0.2) is 64.8 Å². The molecular weight excluding hydrogens is 695 g/mol. The van der Waals surface area contributed by atoms with E-state index >= 15 is 0 Å². The third kappa shape index (κ3) is 19.6. The molecule has 2 atom stereocenters. The van der Waals surface area contributed by atoms with E-state index in [2.05, 4.69) is 11.9 Å². The van der Waals surface area contributed by atoms with Crippen LogP contribution in [0.15, 0.2) is 17.1 Å². The van der Waals surface area contributed by atoms with Crippen molar-refractivity contribution in [1.82, 2.24) is 9.55 Å². The van der Waals surface area contributed by atoms with E-state index in [1.165, 1.54) is 57.4 Å². The number of nitrogens with two attached hydrogens (primary N) is 1. The predicted octanol–water partition coefficient (Wildman–Crippen LogP) is 7.50. The van der Waals surface area contributed by atoms with Gasteiger partial charge in [0, 0.05) is 19.0 Å². The van der Waals surface area contributed by atoms with Crippen molar-refractivity contribution < 1.29 is 56.1 Å². The predicted molar refractivity (Wildman–Crippen MR) is 186 cm³/mol. The molecule has 0 spiro atoms. The summed E-state index contributed by atoms with van der Waals surface area (Å²) in [7, 11) is -2.30. The lowest BCUT2D eigenvalue weighted by Gasteiger charge is -2.22. The number of aliphatic carboxylic acids is 1. The van der Waals surface area contributed by atoms with Gasteiger partial charge in [0.1, 0.15) is 5.82 Å². The van der Waals surface area contributed by atoms with Crippen molar-refractivity contribution in [2.75, 3.05) is 25.9 Å². The molecule has 0 amide bonds. The number of carboxylic acids is 1. The largest absolute Gasteiger partial charge is 0.481 e. The number of anilines is 1. The Hall–Kier alpha value is -2.78. The zero-order chi connectivity index (χ0) is 38.7. The van der Waals surface area contributed by atoms with Crippen LogP contribution in [0.1, 0.15) is 132 Å². The number of carbonyl (C=O) groups is 3. The molecule has 0 saturated carbocycles. The Labute approximate surface area is 301 Å². The average Bonchev–Trinajstić information content (AvgIpc) is 3.33. The number of unbranched alkanes of at least 4 members (excludes halogenated alkanes) is 9. The highest BCUT2D eigenvalue weighted by atomic mass is 31.2. The van der Waals surface area contributed by atoms with E-state index in [1.54, 1.807) is 41.5 Å². The fraction of sp³-hybridized carbons (Fsp3) is 0.794. The Balaban J connectivity index is 0.000000728. The van der Waals surface area contributed by atoms with Crippen LogP contribution < -0.4 is 11.4 Å². The van der Waals surface area contributed by atoms with Crippen LogP contribution in [-0.2, 0) is 42.2 Å². The summed E-state index contributed by atoms with van der Waals surface area (Å²) in [4.78, 5) is 49.5. The van der Waals surface area contributed by atoms with Crippen LogP contribution in [0.2, 0.25) is 0 Å². The summed E-state index contributed by atoms with van der Waals surface area (Å²) < 4.78 is 61.2. The van der Waals surface area contributed by atoms with Gasteiger partial charge in [0.15, 0.2) is 0 Å².